The molecule has 132 valence electrons. The van der Waals surface area contributed by atoms with E-state index in [1.54, 1.807) is 24.4 Å². The molecule has 1 fully saturated rings. The number of rotatable bonds is 7. The molecule has 1 amide bonds. The van der Waals surface area contributed by atoms with E-state index in [2.05, 4.69) is 15.5 Å². The molecular formula is C17H20N4O4. The first-order chi connectivity index (χ1) is 12.1. The van der Waals surface area contributed by atoms with E-state index in [1.807, 2.05) is 17.9 Å². The number of amides is 1. The summed E-state index contributed by atoms with van der Waals surface area (Å²) in [6.45, 7) is 2.63. The standard InChI is InChI=1S/C17H20N4O4/c1-2-21(10-16(22)23)12-7-11(8-12)19-17(24)15-9-14(20-25-15)13-5-3-4-6-18-13/h3-6,9,11-12H,2,7-8,10H2,1H3,(H,19,24)(H,22,23). The molecule has 2 aromatic rings. The molecule has 3 rings (SSSR count). The number of carbonyl (C=O) groups is 2. The van der Waals surface area contributed by atoms with Crippen molar-refractivity contribution >= 4 is 11.9 Å². The van der Waals surface area contributed by atoms with Crippen LogP contribution in [0.1, 0.15) is 30.3 Å². The van der Waals surface area contributed by atoms with Gasteiger partial charge < -0.3 is 14.9 Å². The Morgan fingerprint density at radius 2 is 2.16 bits per heavy atom. The molecule has 0 spiro atoms. The maximum atomic E-state index is 12.2. The maximum absolute atomic E-state index is 12.2. The van der Waals surface area contributed by atoms with Gasteiger partial charge in [0.15, 0.2) is 0 Å². The van der Waals surface area contributed by atoms with E-state index in [4.69, 9.17) is 9.63 Å². The molecule has 0 bridgehead atoms. The number of aromatic nitrogens is 2. The quantitative estimate of drug-likeness (QED) is 0.781. The lowest BCUT2D eigenvalue weighted by molar-refractivity contribution is -0.139. The molecule has 8 heteroatoms. The van der Waals surface area contributed by atoms with Gasteiger partial charge in [0.2, 0.25) is 5.76 Å². The van der Waals surface area contributed by atoms with Crippen LogP contribution in [0.15, 0.2) is 35.0 Å². The number of hydrogen-bond donors (Lipinski definition) is 2. The second kappa shape index (κ2) is 7.43. The van der Waals surface area contributed by atoms with Gasteiger partial charge in [-0.1, -0.05) is 18.1 Å². The third kappa shape index (κ3) is 4.03. The highest BCUT2D eigenvalue weighted by atomic mass is 16.5. The van der Waals surface area contributed by atoms with Crippen molar-refractivity contribution in [1.82, 2.24) is 20.4 Å². The zero-order valence-corrected chi connectivity index (χ0v) is 13.9. The molecule has 1 saturated carbocycles. The minimum atomic E-state index is -0.835. The Kier molecular flexibility index (Phi) is 5.08. The van der Waals surface area contributed by atoms with Crippen molar-refractivity contribution in [3.8, 4) is 11.4 Å². The van der Waals surface area contributed by atoms with Crippen LogP contribution in [0.2, 0.25) is 0 Å². The van der Waals surface area contributed by atoms with Crippen molar-refractivity contribution in [2.24, 2.45) is 0 Å². The predicted octanol–water partition coefficient (Wildman–Crippen LogP) is 1.40. The SMILES string of the molecule is CCN(CC(=O)O)C1CC(NC(=O)c2cc(-c3ccccn3)no2)C1. The van der Waals surface area contributed by atoms with Crippen molar-refractivity contribution in [2.45, 2.75) is 31.8 Å². The van der Waals surface area contributed by atoms with Crippen molar-refractivity contribution in [3.05, 3.63) is 36.2 Å². The van der Waals surface area contributed by atoms with Crippen LogP contribution in [0.5, 0.6) is 0 Å². The molecular weight excluding hydrogens is 324 g/mol. The van der Waals surface area contributed by atoms with Gasteiger partial charge >= 0.3 is 5.97 Å². The average molecular weight is 344 g/mol. The molecule has 1 aliphatic carbocycles. The second-order valence-electron chi connectivity index (χ2n) is 6.04. The van der Waals surface area contributed by atoms with Gasteiger partial charge in [-0.05, 0) is 31.5 Å². The fraction of sp³-hybridized carbons (Fsp3) is 0.412. The lowest BCUT2D eigenvalue weighted by Gasteiger charge is -2.42. The normalized spacial score (nSPS) is 19.4. The zero-order valence-electron chi connectivity index (χ0n) is 13.9. The number of likely N-dealkylation sites (N-methyl/N-ethyl adjacent to an activating group) is 1. The van der Waals surface area contributed by atoms with Gasteiger partial charge in [0.05, 0.1) is 12.2 Å². The molecule has 1 aliphatic rings. The summed E-state index contributed by atoms with van der Waals surface area (Å²) in [5.41, 5.74) is 1.15. The number of aliphatic carboxylic acids is 1. The minimum absolute atomic E-state index is 0.0174. The predicted molar refractivity (Wildman–Crippen MR) is 88.9 cm³/mol. The Labute approximate surface area is 144 Å². The number of pyridine rings is 1. The summed E-state index contributed by atoms with van der Waals surface area (Å²) in [7, 11) is 0. The molecule has 0 aromatic carbocycles. The summed E-state index contributed by atoms with van der Waals surface area (Å²) in [6.07, 6.45) is 3.11. The topological polar surface area (TPSA) is 109 Å². The number of carboxylic acids is 1. The van der Waals surface area contributed by atoms with Crippen LogP contribution in [0.4, 0.5) is 0 Å². The Balaban J connectivity index is 1.53. The van der Waals surface area contributed by atoms with Crippen molar-refractivity contribution in [1.29, 1.82) is 0 Å². The number of carbonyl (C=O) groups excluding carboxylic acids is 1. The summed E-state index contributed by atoms with van der Waals surface area (Å²) < 4.78 is 5.11. The van der Waals surface area contributed by atoms with E-state index >= 15 is 0 Å². The minimum Gasteiger partial charge on any atom is -0.480 e. The van der Waals surface area contributed by atoms with Crippen molar-refractivity contribution in [3.63, 3.8) is 0 Å². The maximum Gasteiger partial charge on any atom is 0.317 e. The Bertz CT molecular complexity index is 740. The molecule has 2 aromatic heterocycles. The van der Waals surface area contributed by atoms with E-state index in [0.29, 0.717) is 17.9 Å². The highest BCUT2D eigenvalue weighted by Crippen LogP contribution is 2.26. The Morgan fingerprint density at radius 1 is 1.36 bits per heavy atom. The van der Waals surface area contributed by atoms with Crippen molar-refractivity contribution in [2.75, 3.05) is 13.1 Å². The van der Waals surface area contributed by atoms with Crippen LogP contribution in [-0.4, -0.2) is 57.2 Å². The number of carboxylic acid groups (broad SMARTS) is 1. The van der Waals surface area contributed by atoms with E-state index in [1.165, 1.54) is 0 Å². The molecule has 2 N–H and O–H groups in total. The second-order valence-corrected chi connectivity index (χ2v) is 6.04. The summed E-state index contributed by atoms with van der Waals surface area (Å²) in [5.74, 6) is -1.01. The van der Waals surface area contributed by atoms with Crippen LogP contribution >= 0.6 is 0 Å². The lowest BCUT2D eigenvalue weighted by atomic mass is 9.85. The molecule has 0 atom stereocenters. The van der Waals surface area contributed by atoms with E-state index in [-0.39, 0.29) is 30.3 Å². The molecule has 0 saturated heterocycles. The van der Waals surface area contributed by atoms with Gasteiger partial charge in [0, 0.05) is 24.3 Å². The number of nitrogens with zero attached hydrogens (tertiary/aromatic N) is 3. The molecule has 0 radical (unpaired) electrons. The zero-order chi connectivity index (χ0) is 17.8. The summed E-state index contributed by atoms with van der Waals surface area (Å²) in [4.78, 5) is 29.2. The summed E-state index contributed by atoms with van der Waals surface area (Å²) in [6, 6.07) is 7.19. The van der Waals surface area contributed by atoms with Gasteiger partial charge in [0.1, 0.15) is 5.69 Å². The third-order valence-corrected chi connectivity index (χ3v) is 4.37. The highest BCUT2D eigenvalue weighted by molar-refractivity contribution is 5.92. The molecule has 8 nitrogen and oxygen atoms in total. The smallest absolute Gasteiger partial charge is 0.317 e. The Morgan fingerprint density at radius 3 is 2.80 bits per heavy atom. The van der Waals surface area contributed by atoms with Crippen molar-refractivity contribution < 1.29 is 19.2 Å². The van der Waals surface area contributed by atoms with Gasteiger partial charge in [-0.15, -0.1) is 0 Å². The first-order valence-corrected chi connectivity index (χ1v) is 8.21. The van der Waals surface area contributed by atoms with E-state index < -0.39 is 5.97 Å². The molecule has 2 heterocycles. The first kappa shape index (κ1) is 17.1. The first-order valence-electron chi connectivity index (χ1n) is 8.21. The highest BCUT2D eigenvalue weighted by Gasteiger charge is 2.35. The van der Waals surface area contributed by atoms with Gasteiger partial charge in [-0.2, -0.15) is 0 Å². The van der Waals surface area contributed by atoms with Gasteiger partial charge in [0.25, 0.3) is 5.91 Å². The van der Waals surface area contributed by atoms with Gasteiger partial charge in [-0.3, -0.25) is 19.5 Å². The average Bonchev–Trinajstić information content (AvgIpc) is 3.06. The molecule has 25 heavy (non-hydrogen) atoms. The van der Waals surface area contributed by atoms with Gasteiger partial charge in [-0.25, -0.2) is 0 Å². The molecule has 0 aliphatic heterocycles. The van der Waals surface area contributed by atoms with E-state index in [0.717, 1.165) is 12.8 Å². The molecule has 0 unspecified atom stereocenters. The summed E-state index contributed by atoms with van der Waals surface area (Å²) in [5, 5.41) is 15.7. The third-order valence-electron chi connectivity index (χ3n) is 4.37. The summed E-state index contributed by atoms with van der Waals surface area (Å²) >= 11 is 0. The van der Waals surface area contributed by atoms with Crippen LogP contribution in [0.3, 0.4) is 0 Å². The fourth-order valence-electron chi connectivity index (χ4n) is 2.95. The monoisotopic (exact) mass is 344 g/mol. The van der Waals surface area contributed by atoms with E-state index in [9.17, 15) is 9.59 Å². The number of hydrogen-bond acceptors (Lipinski definition) is 6. The number of nitrogens with one attached hydrogen (secondary N) is 1. The largest absolute Gasteiger partial charge is 0.480 e. The lowest BCUT2D eigenvalue weighted by Crippen LogP contribution is -2.54. The van der Waals surface area contributed by atoms with Crippen LogP contribution in [0, 0.1) is 0 Å². The Hall–Kier alpha value is -2.74. The van der Waals surface area contributed by atoms with Crippen LogP contribution < -0.4 is 5.32 Å². The fourth-order valence-corrected chi connectivity index (χ4v) is 2.95. The van der Waals surface area contributed by atoms with Crippen LogP contribution in [-0.2, 0) is 4.79 Å². The van der Waals surface area contributed by atoms with Crippen LogP contribution in [0.25, 0.3) is 11.4 Å².